The first-order chi connectivity index (χ1) is 13.6. The molecule has 150 valence electrons. The number of aromatic nitrogens is 3. The monoisotopic (exact) mass is 385 g/mol. The summed E-state index contributed by atoms with van der Waals surface area (Å²) in [6, 6.07) is 9.26. The Hall–Kier alpha value is -2.74. The molecule has 2 heterocycles. The van der Waals surface area contributed by atoms with Crippen LogP contribution in [0.2, 0.25) is 0 Å². The standard InChI is InChI=1S/C20H27N5O3/c1-4-14(2)12-21-20(27)19-23-22-18-17(15-8-6-5-7-9-15)24(10-11-25(18)19)16(26)13-28-3/h5-9,14,17H,4,10-13H2,1-3H3,(H,21,27)/t14-,17-/m0/s1. The third-order valence-corrected chi connectivity index (χ3v) is 5.11. The van der Waals surface area contributed by atoms with Crippen LogP contribution in [0.25, 0.3) is 0 Å². The average Bonchev–Trinajstić information content (AvgIpc) is 3.16. The van der Waals surface area contributed by atoms with Crippen molar-refractivity contribution in [1.82, 2.24) is 25.0 Å². The molecule has 0 unspecified atom stereocenters. The molecule has 8 nitrogen and oxygen atoms in total. The van der Waals surface area contributed by atoms with E-state index in [0.717, 1.165) is 12.0 Å². The highest BCUT2D eigenvalue weighted by Crippen LogP contribution is 2.31. The van der Waals surface area contributed by atoms with Crippen molar-refractivity contribution in [2.75, 3.05) is 26.8 Å². The highest BCUT2D eigenvalue weighted by molar-refractivity contribution is 5.90. The molecule has 1 aromatic heterocycles. The summed E-state index contributed by atoms with van der Waals surface area (Å²) in [7, 11) is 1.50. The highest BCUT2D eigenvalue weighted by atomic mass is 16.5. The minimum absolute atomic E-state index is 0.000278. The summed E-state index contributed by atoms with van der Waals surface area (Å²) in [5.74, 6) is 0.927. The number of nitrogens with zero attached hydrogens (tertiary/aromatic N) is 4. The van der Waals surface area contributed by atoms with Gasteiger partial charge in [-0.25, -0.2) is 0 Å². The van der Waals surface area contributed by atoms with E-state index >= 15 is 0 Å². The van der Waals surface area contributed by atoms with Crippen molar-refractivity contribution >= 4 is 11.8 Å². The molecule has 0 aliphatic carbocycles. The first-order valence-electron chi connectivity index (χ1n) is 9.61. The van der Waals surface area contributed by atoms with E-state index in [9.17, 15) is 9.59 Å². The van der Waals surface area contributed by atoms with Gasteiger partial charge in [-0.2, -0.15) is 0 Å². The van der Waals surface area contributed by atoms with Crippen LogP contribution in [-0.2, 0) is 16.1 Å². The fraction of sp³-hybridized carbons (Fsp3) is 0.500. The summed E-state index contributed by atoms with van der Waals surface area (Å²) in [6.07, 6.45) is 0.991. The molecule has 1 aliphatic heterocycles. The van der Waals surface area contributed by atoms with Crippen LogP contribution in [0.1, 0.15) is 48.3 Å². The third kappa shape index (κ3) is 4.06. The van der Waals surface area contributed by atoms with Crippen LogP contribution in [0, 0.1) is 5.92 Å². The van der Waals surface area contributed by atoms with Crippen LogP contribution < -0.4 is 5.32 Å². The Morgan fingerprint density at radius 1 is 1.25 bits per heavy atom. The number of benzene rings is 1. The lowest BCUT2D eigenvalue weighted by Gasteiger charge is -2.36. The molecule has 0 saturated heterocycles. The van der Waals surface area contributed by atoms with Crippen LogP contribution in [0.3, 0.4) is 0 Å². The van der Waals surface area contributed by atoms with Crippen molar-refractivity contribution < 1.29 is 14.3 Å². The van der Waals surface area contributed by atoms with Crippen molar-refractivity contribution in [3.05, 3.63) is 47.5 Å². The van der Waals surface area contributed by atoms with Crippen molar-refractivity contribution in [2.45, 2.75) is 32.9 Å². The second-order valence-corrected chi connectivity index (χ2v) is 7.09. The molecule has 28 heavy (non-hydrogen) atoms. The maximum absolute atomic E-state index is 12.6. The van der Waals surface area contributed by atoms with E-state index in [1.54, 1.807) is 4.90 Å². The summed E-state index contributed by atoms with van der Waals surface area (Å²) in [5, 5.41) is 11.4. The second-order valence-electron chi connectivity index (χ2n) is 7.09. The number of carbonyl (C=O) groups excluding carboxylic acids is 2. The van der Waals surface area contributed by atoms with E-state index in [2.05, 4.69) is 29.4 Å². The summed E-state index contributed by atoms with van der Waals surface area (Å²) in [4.78, 5) is 27.0. The van der Waals surface area contributed by atoms with Crippen LogP contribution in [0.5, 0.6) is 0 Å². The predicted octanol–water partition coefficient (Wildman–Crippen LogP) is 1.63. The van der Waals surface area contributed by atoms with Crippen molar-refractivity contribution in [3.8, 4) is 0 Å². The number of hydrogen-bond acceptors (Lipinski definition) is 5. The maximum atomic E-state index is 12.6. The summed E-state index contributed by atoms with van der Waals surface area (Å²) in [6.45, 7) is 5.69. The molecule has 0 bridgehead atoms. The molecule has 1 aromatic carbocycles. The fourth-order valence-electron chi connectivity index (χ4n) is 3.31. The number of hydrogen-bond donors (Lipinski definition) is 1. The normalized spacial score (nSPS) is 17.1. The number of amides is 2. The summed E-state index contributed by atoms with van der Waals surface area (Å²) >= 11 is 0. The summed E-state index contributed by atoms with van der Waals surface area (Å²) in [5.41, 5.74) is 0.923. The zero-order valence-electron chi connectivity index (χ0n) is 16.6. The Morgan fingerprint density at radius 2 is 2.00 bits per heavy atom. The van der Waals surface area contributed by atoms with Gasteiger partial charge in [-0.3, -0.25) is 9.59 Å². The smallest absolute Gasteiger partial charge is 0.289 e. The molecular weight excluding hydrogens is 358 g/mol. The van der Waals surface area contributed by atoms with Crippen LogP contribution in [0.4, 0.5) is 0 Å². The maximum Gasteiger partial charge on any atom is 0.289 e. The Balaban J connectivity index is 1.92. The molecule has 0 fully saturated rings. The Kier molecular flexibility index (Phi) is 6.41. The largest absolute Gasteiger partial charge is 0.375 e. The zero-order chi connectivity index (χ0) is 20.1. The van der Waals surface area contributed by atoms with Gasteiger partial charge in [0.1, 0.15) is 12.6 Å². The third-order valence-electron chi connectivity index (χ3n) is 5.11. The molecule has 0 radical (unpaired) electrons. The SMILES string of the molecule is CC[C@H](C)CNC(=O)c1nnc2n1CCN(C(=O)COC)[C@H]2c1ccccc1. The van der Waals surface area contributed by atoms with Gasteiger partial charge in [0, 0.05) is 26.7 Å². The number of fused-ring (bicyclic) bond motifs is 1. The number of rotatable bonds is 7. The minimum Gasteiger partial charge on any atom is -0.375 e. The quantitative estimate of drug-likeness (QED) is 0.783. The van der Waals surface area contributed by atoms with Gasteiger partial charge >= 0.3 is 0 Å². The number of methoxy groups -OCH3 is 1. The van der Waals surface area contributed by atoms with E-state index in [1.165, 1.54) is 7.11 Å². The van der Waals surface area contributed by atoms with E-state index in [1.807, 2.05) is 34.9 Å². The highest BCUT2D eigenvalue weighted by Gasteiger charge is 2.36. The van der Waals surface area contributed by atoms with Crippen molar-refractivity contribution in [1.29, 1.82) is 0 Å². The van der Waals surface area contributed by atoms with E-state index in [4.69, 9.17) is 4.74 Å². The molecule has 1 N–H and O–H groups in total. The number of carbonyl (C=O) groups is 2. The van der Waals surface area contributed by atoms with Gasteiger partial charge in [0.2, 0.25) is 11.7 Å². The number of nitrogens with one attached hydrogen (secondary N) is 1. The van der Waals surface area contributed by atoms with Gasteiger partial charge in [-0.15, -0.1) is 10.2 Å². The van der Waals surface area contributed by atoms with Gasteiger partial charge < -0.3 is 19.5 Å². The van der Waals surface area contributed by atoms with Crippen LogP contribution in [0.15, 0.2) is 30.3 Å². The van der Waals surface area contributed by atoms with E-state index < -0.39 is 6.04 Å². The van der Waals surface area contributed by atoms with Gasteiger partial charge in [0.25, 0.3) is 5.91 Å². The minimum atomic E-state index is -0.402. The molecule has 2 amide bonds. The molecular formula is C20H27N5O3. The van der Waals surface area contributed by atoms with Gasteiger partial charge in [-0.05, 0) is 11.5 Å². The van der Waals surface area contributed by atoms with Crippen LogP contribution in [-0.4, -0.2) is 58.3 Å². The lowest BCUT2D eigenvalue weighted by Crippen LogP contribution is -2.45. The number of ether oxygens (including phenoxy) is 1. The van der Waals surface area contributed by atoms with Crippen LogP contribution >= 0.6 is 0 Å². The van der Waals surface area contributed by atoms with Crippen molar-refractivity contribution in [2.24, 2.45) is 5.92 Å². The molecule has 2 aromatic rings. The Morgan fingerprint density at radius 3 is 2.68 bits per heavy atom. The van der Waals surface area contributed by atoms with Gasteiger partial charge in [0.15, 0.2) is 5.82 Å². The van der Waals surface area contributed by atoms with E-state index in [0.29, 0.717) is 31.4 Å². The summed E-state index contributed by atoms with van der Waals surface area (Å²) < 4.78 is 6.86. The lowest BCUT2D eigenvalue weighted by atomic mass is 10.0. The molecule has 2 atom stereocenters. The Labute approximate surface area is 164 Å². The second kappa shape index (κ2) is 8.97. The molecule has 8 heteroatoms. The fourth-order valence-corrected chi connectivity index (χ4v) is 3.31. The van der Waals surface area contributed by atoms with Gasteiger partial charge in [0.05, 0.1) is 0 Å². The van der Waals surface area contributed by atoms with Gasteiger partial charge in [-0.1, -0.05) is 50.6 Å². The first-order valence-corrected chi connectivity index (χ1v) is 9.61. The zero-order valence-corrected chi connectivity index (χ0v) is 16.6. The molecule has 0 saturated carbocycles. The molecule has 1 aliphatic rings. The average molecular weight is 385 g/mol. The molecule has 3 rings (SSSR count). The van der Waals surface area contributed by atoms with Crippen molar-refractivity contribution in [3.63, 3.8) is 0 Å². The lowest BCUT2D eigenvalue weighted by molar-refractivity contribution is -0.138. The first kappa shape index (κ1) is 20.0. The topological polar surface area (TPSA) is 89.4 Å². The molecule has 0 spiro atoms. The predicted molar refractivity (Wildman–Crippen MR) is 104 cm³/mol. The van der Waals surface area contributed by atoms with E-state index in [-0.39, 0.29) is 24.2 Å². The Bertz CT molecular complexity index is 821.